The van der Waals surface area contributed by atoms with E-state index < -0.39 is 227 Å². The van der Waals surface area contributed by atoms with Crippen molar-refractivity contribution in [2.75, 3.05) is 19.8 Å². The van der Waals surface area contributed by atoms with Gasteiger partial charge in [-0.05, 0) is 0 Å². The maximum absolute atomic E-state index is 12.6. The molecule has 0 aromatic carbocycles. The lowest BCUT2D eigenvalue weighted by atomic mass is 9.94. The van der Waals surface area contributed by atoms with Crippen molar-refractivity contribution in [3.8, 4) is 0 Å². The van der Waals surface area contributed by atoms with E-state index in [4.69, 9.17) is 68.9 Å². The Bertz CT molecular complexity index is 2390. The highest BCUT2D eigenvalue weighted by atomic mass is 32.3. The number of hydrogen-bond acceptors (Lipinski definition) is 34. The molecule has 5 aliphatic heterocycles. The molecule has 0 aliphatic carbocycles. The summed E-state index contributed by atoms with van der Waals surface area (Å²) in [6.45, 7) is -4.07. The predicted molar refractivity (Wildman–Crippen MR) is 215 cm³/mol. The van der Waals surface area contributed by atoms with Crippen molar-refractivity contribution in [3.63, 3.8) is 0 Å². The summed E-state index contributed by atoms with van der Waals surface area (Å²) in [6, 6.07) is -6.05. The van der Waals surface area contributed by atoms with Gasteiger partial charge in [-0.1, -0.05) is 0 Å². The van der Waals surface area contributed by atoms with Crippen molar-refractivity contribution in [2.24, 2.45) is 17.2 Å². The van der Waals surface area contributed by atoms with Gasteiger partial charge in [-0.3, -0.25) is 18.2 Å². The van der Waals surface area contributed by atoms with Gasteiger partial charge in [0.15, 0.2) is 43.7 Å². The number of carboxylic acids is 2. The number of rotatable bonds is 21. The van der Waals surface area contributed by atoms with Crippen molar-refractivity contribution in [1.29, 1.82) is 0 Å². The van der Waals surface area contributed by atoms with E-state index in [1.807, 2.05) is 0 Å². The topological polar surface area (TPSA) is 652 Å². The molecule has 0 radical (unpaired) electrons. The molecule has 0 aromatic heterocycles. The second kappa shape index (κ2) is 24.3. The van der Waals surface area contributed by atoms with Gasteiger partial charge < -0.3 is 111 Å². The van der Waals surface area contributed by atoms with Crippen LogP contribution in [-0.2, 0) is 111 Å². The molecule has 40 nitrogen and oxygen atoms in total. The van der Waals surface area contributed by atoms with Gasteiger partial charge in [0.2, 0.25) is 0 Å². The standard InChI is InChI=1S/C30H51N3O37S4/c31-7-12(36)17(5(61-26(7)45)2-59-72(49,50)51)64-29-15(39)13(37)21(23(68-29)25(43)44)67-28-9(33)19(70-74(55,56)57)18(6(63-28)3-60-73(52,53)54)65-30-16(40)14(38)20(22(69-30)24(41)42)66-27-8(32)11(35)10(34)4(62-27)1-58-71(46,47)48/h4-23,26-30,34-40,45H,1-3,31-33H2,(H,41,42)(H,43,44)(H,46,47,48)(H,49,50,51)(H,52,53,54)(H,55,56,57)/t4-,5-,6-,7-,8-,9-,10-,11-,12-,13-,14-,15-,16-,17-,18-,19-,20+,21+,22+,23-,26+,27-,28-,29-,30-/m1/s1. The molecule has 5 aliphatic rings. The van der Waals surface area contributed by atoms with Crippen molar-refractivity contribution < 1.29 is 172 Å². The Kier molecular flexibility index (Phi) is 20.5. The predicted octanol–water partition coefficient (Wildman–Crippen LogP) is -12.5. The third-order valence-corrected chi connectivity index (χ3v) is 13.1. The minimum Gasteiger partial charge on any atom is -0.479 e. The van der Waals surface area contributed by atoms with Gasteiger partial charge in [0.1, 0.15) is 91.6 Å². The molecule has 432 valence electrons. The van der Waals surface area contributed by atoms with Crippen LogP contribution in [-0.4, -0.2) is 288 Å². The van der Waals surface area contributed by atoms with Gasteiger partial charge in [-0.25, -0.2) is 26.3 Å². The van der Waals surface area contributed by atoms with Crippen molar-refractivity contribution in [2.45, 2.75) is 153 Å². The lowest BCUT2D eigenvalue weighted by Gasteiger charge is -2.49. The van der Waals surface area contributed by atoms with Crippen LogP contribution in [0.25, 0.3) is 0 Å². The molecule has 74 heavy (non-hydrogen) atoms. The summed E-state index contributed by atoms with van der Waals surface area (Å²) in [5.41, 5.74) is 17.7. The number of hydrogen-bond donors (Lipinski definition) is 17. The second-order valence-corrected chi connectivity index (χ2v) is 20.7. The zero-order valence-corrected chi connectivity index (χ0v) is 39.8. The van der Waals surface area contributed by atoms with E-state index in [0.717, 1.165) is 0 Å². The van der Waals surface area contributed by atoms with Crippen LogP contribution < -0.4 is 17.2 Å². The molecule has 0 spiro atoms. The highest BCUT2D eigenvalue weighted by Gasteiger charge is 2.59. The number of aliphatic hydroxyl groups excluding tert-OH is 8. The van der Waals surface area contributed by atoms with Crippen molar-refractivity contribution >= 4 is 53.5 Å². The van der Waals surface area contributed by atoms with E-state index in [9.17, 15) is 103 Å². The molecule has 0 amide bonds. The van der Waals surface area contributed by atoms with Gasteiger partial charge in [0.05, 0.1) is 37.9 Å². The van der Waals surface area contributed by atoms with Crippen LogP contribution in [0, 0.1) is 0 Å². The van der Waals surface area contributed by atoms with Crippen molar-refractivity contribution in [3.05, 3.63) is 0 Å². The summed E-state index contributed by atoms with van der Waals surface area (Å²) >= 11 is 0. The Morgan fingerprint density at radius 3 is 1.19 bits per heavy atom. The van der Waals surface area contributed by atoms with E-state index in [-0.39, 0.29) is 0 Å². The SMILES string of the molecule is N[C@@H]1[C@@H](O)[C@H](O[C@@H]2O[C@@H](C(=O)O)[C@@H](O[C@H]3O[C@H](COS(=O)(=O)O)[C@@H](O[C@@H]4O[C@H](C(=O)O)[C@@H](O[C@H]5O[C@H](COS(=O)(=O)O)[C@@H](O)[C@H](O)[C@H]5N)[C@H](O)[C@H]4O)[C@H](OS(=O)(=O)O)[C@H]3N)[C@H](O)[C@H]2O)[C@@H](COS(=O)(=O)O)O[C@@H]1O. The third kappa shape index (κ3) is 15.7. The van der Waals surface area contributed by atoms with Gasteiger partial charge in [-0.15, -0.1) is 0 Å². The number of aliphatic carboxylic acids is 2. The van der Waals surface area contributed by atoms with Crippen LogP contribution in [0.15, 0.2) is 0 Å². The molecule has 44 heteroatoms. The molecule has 0 unspecified atom stereocenters. The molecule has 0 saturated carbocycles. The largest absolute Gasteiger partial charge is 0.479 e. The number of nitrogens with two attached hydrogens (primary N) is 3. The Morgan fingerprint density at radius 2 is 0.770 bits per heavy atom. The molecule has 5 rings (SSSR count). The van der Waals surface area contributed by atoms with Gasteiger partial charge in [-0.2, -0.15) is 33.7 Å². The van der Waals surface area contributed by atoms with Crippen LogP contribution >= 0.6 is 0 Å². The van der Waals surface area contributed by atoms with E-state index in [1.54, 1.807) is 0 Å². The molecule has 25 atom stereocenters. The van der Waals surface area contributed by atoms with Crippen LogP contribution in [0.3, 0.4) is 0 Å². The summed E-state index contributed by atoms with van der Waals surface area (Å²) in [5.74, 6) is -4.20. The van der Waals surface area contributed by atoms with Crippen LogP contribution in [0.5, 0.6) is 0 Å². The molecule has 5 heterocycles. The summed E-state index contributed by atoms with van der Waals surface area (Å²) in [6.07, 6.45) is -52.1. The highest BCUT2D eigenvalue weighted by molar-refractivity contribution is 7.81. The molecule has 20 N–H and O–H groups in total. The number of ether oxygens (including phenoxy) is 9. The average molecular weight is 1170 g/mol. The number of aliphatic hydroxyl groups is 8. The summed E-state index contributed by atoms with van der Waals surface area (Å²) in [5, 5.41) is 107. The fourth-order valence-electron chi connectivity index (χ4n) is 7.76. The quantitative estimate of drug-likeness (QED) is 0.0475. The zero-order chi connectivity index (χ0) is 55.9. The first kappa shape index (κ1) is 62.5. The zero-order valence-electron chi connectivity index (χ0n) is 36.6. The van der Waals surface area contributed by atoms with E-state index in [2.05, 4.69) is 16.7 Å². The molecule has 5 saturated heterocycles. The molecule has 5 fully saturated rings. The van der Waals surface area contributed by atoms with E-state index in [1.165, 1.54) is 0 Å². The fraction of sp³-hybridized carbons (Fsp3) is 0.933. The second-order valence-electron chi connectivity index (χ2n) is 16.4. The van der Waals surface area contributed by atoms with Gasteiger partial charge >= 0.3 is 53.5 Å². The monoisotopic (exact) mass is 1170 g/mol. The first-order valence-electron chi connectivity index (χ1n) is 20.5. The summed E-state index contributed by atoms with van der Waals surface area (Å²) in [4.78, 5) is 25.1. The summed E-state index contributed by atoms with van der Waals surface area (Å²) < 4.78 is 195. The van der Waals surface area contributed by atoms with Crippen LogP contribution in [0.1, 0.15) is 0 Å². The highest BCUT2D eigenvalue weighted by Crippen LogP contribution is 2.37. The van der Waals surface area contributed by atoms with Gasteiger partial charge in [0, 0.05) is 0 Å². The van der Waals surface area contributed by atoms with Gasteiger partial charge in [0.25, 0.3) is 0 Å². The number of carbonyl (C=O) groups is 2. The number of carboxylic acid groups (broad SMARTS) is 2. The molecular formula is C30H51N3O37S4. The lowest BCUT2D eigenvalue weighted by molar-refractivity contribution is -0.373. The lowest BCUT2D eigenvalue weighted by Crippen LogP contribution is -2.70. The molecule has 0 bridgehead atoms. The van der Waals surface area contributed by atoms with E-state index in [0.29, 0.717) is 0 Å². The minimum atomic E-state index is -5.85. The third-order valence-electron chi connectivity index (χ3n) is 11.3. The summed E-state index contributed by atoms with van der Waals surface area (Å²) in [7, 11) is -21.9. The minimum absolute atomic E-state index is 1.22. The Balaban J connectivity index is 1.41. The van der Waals surface area contributed by atoms with Crippen molar-refractivity contribution in [1.82, 2.24) is 0 Å². The fourth-order valence-corrected chi connectivity index (χ4v) is 9.19. The normalized spacial score (nSPS) is 43.9. The first-order chi connectivity index (χ1) is 33.9. The smallest absolute Gasteiger partial charge is 0.397 e. The maximum atomic E-state index is 12.6. The van der Waals surface area contributed by atoms with Crippen LogP contribution in [0.2, 0.25) is 0 Å². The first-order valence-corrected chi connectivity index (χ1v) is 25.9. The Labute approximate surface area is 414 Å². The maximum Gasteiger partial charge on any atom is 0.397 e. The molecular weight excluding hydrogens is 1120 g/mol. The van der Waals surface area contributed by atoms with E-state index >= 15 is 0 Å². The Hall–Kier alpha value is -2.38. The Morgan fingerprint density at radius 1 is 0.392 bits per heavy atom. The average Bonchev–Trinajstić information content (AvgIpc) is 3.27. The molecule has 0 aromatic rings. The van der Waals surface area contributed by atoms with Crippen LogP contribution in [0.4, 0.5) is 0 Å².